The van der Waals surface area contributed by atoms with E-state index in [0.29, 0.717) is 23.4 Å². The van der Waals surface area contributed by atoms with Gasteiger partial charge in [-0.15, -0.1) is 11.3 Å². The van der Waals surface area contributed by atoms with Crippen LogP contribution in [0.2, 0.25) is 0 Å². The van der Waals surface area contributed by atoms with Crippen molar-refractivity contribution >= 4 is 23.3 Å². The van der Waals surface area contributed by atoms with E-state index < -0.39 is 5.97 Å². The molecule has 1 fully saturated rings. The molecule has 6 nitrogen and oxygen atoms in total. The number of carboxylic acid groups (broad SMARTS) is 1. The van der Waals surface area contributed by atoms with Gasteiger partial charge in [-0.1, -0.05) is 6.92 Å². The smallest absolute Gasteiger partial charge is 0.355 e. The van der Waals surface area contributed by atoms with E-state index in [1.807, 2.05) is 0 Å². The average Bonchev–Trinajstić information content (AvgIpc) is 2.86. The Balaban J connectivity index is 1.80. The molecule has 1 aliphatic carbocycles. The highest BCUT2D eigenvalue weighted by Crippen LogP contribution is 2.36. The standard InChI is InChI=1S/C12H17N3O3S/c1-6-3-8(6)4-13-12(18)14-7(2)10-15-9(5-19-10)11(16)17/h5-8H,3-4H2,1-2H3,(H,16,17)(H2,13,14,18). The number of rotatable bonds is 5. The van der Waals surface area contributed by atoms with Crippen molar-refractivity contribution in [3.05, 3.63) is 16.1 Å². The number of amides is 2. The van der Waals surface area contributed by atoms with Crippen LogP contribution < -0.4 is 10.6 Å². The number of urea groups is 1. The summed E-state index contributed by atoms with van der Waals surface area (Å²) in [5.41, 5.74) is 0.0147. The third-order valence-electron chi connectivity index (χ3n) is 3.26. The number of aromatic nitrogens is 1. The zero-order valence-electron chi connectivity index (χ0n) is 10.8. The molecule has 7 heteroatoms. The van der Waals surface area contributed by atoms with Crippen molar-refractivity contribution in [2.75, 3.05) is 6.54 Å². The second-order valence-corrected chi connectivity index (χ2v) is 5.81. The molecule has 0 spiro atoms. The van der Waals surface area contributed by atoms with Gasteiger partial charge in [-0.05, 0) is 25.2 Å². The fraction of sp³-hybridized carbons (Fsp3) is 0.583. The molecule has 1 aliphatic rings. The third-order valence-corrected chi connectivity index (χ3v) is 4.29. The first-order chi connectivity index (χ1) is 8.97. The molecule has 1 saturated carbocycles. The van der Waals surface area contributed by atoms with Crippen LogP contribution in [0.3, 0.4) is 0 Å². The summed E-state index contributed by atoms with van der Waals surface area (Å²) < 4.78 is 0. The lowest BCUT2D eigenvalue weighted by molar-refractivity contribution is 0.0691. The number of nitrogens with zero attached hydrogens (tertiary/aromatic N) is 1. The van der Waals surface area contributed by atoms with E-state index >= 15 is 0 Å². The molecule has 3 atom stereocenters. The van der Waals surface area contributed by atoms with Crippen LogP contribution in [0, 0.1) is 11.8 Å². The molecule has 0 aliphatic heterocycles. The summed E-state index contributed by atoms with van der Waals surface area (Å²) in [4.78, 5) is 26.3. The van der Waals surface area contributed by atoms with Gasteiger partial charge >= 0.3 is 12.0 Å². The summed E-state index contributed by atoms with van der Waals surface area (Å²) in [5, 5.41) is 16.4. The lowest BCUT2D eigenvalue weighted by Crippen LogP contribution is -2.38. The van der Waals surface area contributed by atoms with Gasteiger partial charge in [0.2, 0.25) is 0 Å². The monoisotopic (exact) mass is 283 g/mol. The van der Waals surface area contributed by atoms with Gasteiger partial charge in [-0.2, -0.15) is 0 Å². The second-order valence-electron chi connectivity index (χ2n) is 4.93. The molecule has 0 aromatic carbocycles. The van der Waals surface area contributed by atoms with Crippen molar-refractivity contribution in [2.45, 2.75) is 26.3 Å². The quantitative estimate of drug-likeness (QED) is 0.769. The lowest BCUT2D eigenvalue weighted by atomic mass is 10.3. The topological polar surface area (TPSA) is 91.3 Å². The van der Waals surface area contributed by atoms with E-state index in [9.17, 15) is 9.59 Å². The summed E-state index contributed by atoms with van der Waals surface area (Å²) in [6.07, 6.45) is 1.17. The Bertz CT molecular complexity index is 488. The first kappa shape index (κ1) is 13.8. The minimum Gasteiger partial charge on any atom is -0.476 e. The molecule has 19 heavy (non-hydrogen) atoms. The molecule has 0 saturated heterocycles. The summed E-state index contributed by atoms with van der Waals surface area (Å²) in [7, 11) is 0. The third kappa shape index (κ3) is 3.66. The highest BCUT2D eigenvalue weighted by atomic mass is 32.1. The Labute approximate surface area is 115 Å². The van der Waals surface area contributed by atoms with Crippen LogP contribution in [-0.4, -0.2) is 28.6 Å². The van der Waals surface area contributed by atoms with Crippen molar-refractivity contribution in [2.24, 2.45) is 11.8 Å². The van der Waals surface area contributed by atoms with Crippen molar-refractivity contribution < 1.29 is 14.7 Å². The van der Waals surface area contributed by atoms with Crippen LogP contribution in [-0.2, 0) is 0 Å². The van der Waals surface area contributed by atoms with Crippen LogP contribution >= 0.6 is 11.3 Å². The molecule has 2 rings (SSSR count). The zero-order valence-corrected chi connectivity index (χ0v) is 11.7. The molecule has 3 N–H and O–H groups in total. The Morgan fingerprint density at radius 2 is 2.32 bits per heavy atom. The van der Waals surface area contributed by atoms with E-state index in [1.165, 1.54) is 23.1 Å². The zero-order chi connectivity index (χ0) is 14.0. The van der Waals surface area contributed by atoms with Gasteiger partial charge in [0.15, 0.2) is 5.69 Å². The van der Waals surface area contributed by atoms with E-state index in [0.717, 1.165) is 0 Å². The van der Waals surface area contributed by atoms with Crippen LogP contribution in [0.15, 0.2) is 5.38 Å². The maximum Gasteiger partial charge on any atom is 0.355 e. The molecule has 0 radical (unpaired) electrons. The number of carbonyl (C=O) groups is 2. The van der Waals surface area contributed by atoms with Crippen LogP contribution in [0.1, 0.15) is 41.8 Å². The van der Waals surface area contributed by atoms with Crippen molar-refractivity contribution in [3.63, 3.8) is 0 Å². The predicted octanol–water partition coefficient (Wildman–Crippen LogP) is 1.86. The molecule has 1 heterocycles. The van der Waals surface area contributed by atoms with Crippen LogP contribution in [0.5, 0.6) is 0 Å². The van der Waals surface area contributed by atoms with Crippen molar-refractivity contribution in [1.82, 2.24) is 15.6 Å². The number of hydrogen-bond acceptors (Lipinski definition) is 4. The number of nitrogens with one attached hydrogen (secondary N) is 2. The Morgan fingerprint density at radius 1 is 1.63 bits per heavy atom. The molecule has 1 aromatic rings. The predicted molar refractivity (Wildman–Crippen MR) is 71.3 cm³/mol. The fourth-order valence-electron chi connectivity index (χ4n) is 1.80. The highest BCUT2D eigenvalue weighted by Gasteiger charge is 2.32. The van der Waals surface area contributed by atoms with Crippen molar-refractivity contribution in [3.8, 4) is 0 Å². The largest absolute Gasteiger partial charge is 0.476 e. The number of carboxylic acids is 1. The number of carbonyl (C=O) groups excluding carboxylic acids is 1. The second kappa shape index (κ2) is 5.56. The Hall–Kier alpha value is -1.63. The lowest BCUT2D eigenvalue weighted by Gasteiger charge is -2.12. The summed E-state index contributed by atoms with van der Waals surface area (Å²) in [6, 6.07) is -0.534. The summed E-state index contributed by atoms with van der Waals surface area (Å²) >= 11 is 1.23. The van der Waals surface area contributed by atoms with Crippen LogP contribution in [0.25, 0.3) is 0 Å². The fourth-order valence-corrected chi connectivity index (χ4v) is 2.60. The average molecular weight is 283 g/mol. The van der Waals surface area contributed by atoms with Gasteiger partial charge in [0.1, 0.15) is 5.01 Å². The highest BCUT2D eigenvalue weighted by molar-refractivity contribution is 7.09. The molecule has 0 bridgehead atoms. The SMILES string of the molecule is CC(NC(=O)NCC1CC1C)c1nc(C(=O)O)cs1. The summed E-state index contributed by atoms with van der Waals surface area (Å²) in [6.45, 7) is 4.64. The van der Waals surface area contributed by atoms with Gasteiger partial charge in [0, 0.05) is 11.9 Å². The first-order valence-electron chi connectivity index (χ1n) is 6.20. The summed E-state index contributed by atoms with van der Waals surface area (Å²) in [5.74, 6) is 0.246. The maximum absolute atomic E-state index is 11.6. The van der Waals surface area contributed by atoms with Gasteiger partial charge in [0.05, 0.1) is 6.04 Å². The van der Waals surface area contributed by atoms with Gasteiger partial charge in [0.25, 0.3) is 0 Å². The molecule has 2 amide bonds. The van der Waals surface area contributed by atoms with E-state index in [1.54, 1.807) is 6.92 Å². The molecular weight excluding hydrogens is 266 g/mol. The molecule has 104 valence electrons. The maximum atomic E-state index is 11.6. The van der Waals surface area contributed by atoms with Gasteiger partial charge in [-0.3, -0.25) is 0 Å². The molecule has 3 unspecified atom stereocenters. The molecule has 1 aromatic heterocycles. The number of aromatic carboxylic acids is 1. The van der Waals surface area contributed by atoms with E-state index in [2.05, 4.69) is 22.5 Å². The van der Waals surface area contributed by atoms with E-state index in [-0.39, 0.29) is 17.8 Å². The van der Waals surface area contributed by atoms with E-state index in [4.69, 9.17) is 5.11 Å². The minimum atomic E-state index is -1.05. The van der Waals surface area contributed by atoms with Crippen LogP contribution in [0.4, 0.5) is 4.79 Å². The molecular formula is C12H17N3O3S. The Kier molecular flexibility index (Phi) is 4.04. The van der Waals surface area contributed by atoms with Crippen molar-refractivity contribution in [1.29, 1.82) is 0 Å². The van der Waals surface area contributed by atoms with Gasteiger partial charge < -0.3 is 15.7 Å². The van der Waals surface area contributed by atoms with Gasteiger partial charge in [-0.25, -0.2) is 14.6 Å². The number of thiazole rings is 1. The number of hydrogen-bond donors (Lipinski definition) is 3. The minimum absolute atomic E-state index is 0.0147. The Morgan fingerprint density at radius 3 is 2.84 bits per heavy atom. The first-order valence-corrected chi connectivity index (χ1v) is 7.08. The normalized spacial score (nSPS) is 22.6.